The molecule has 0 fully saturated rings. The van der Waals surface area contributed by atoms with E-state index in [1.54, 1.807) is 19.1 Å². The first kappa shape index (κ1) is 15.1. The third-order valence-corrected chi connectivity index (χ3v) is 4.28. The predicted molar refractivity (Wildman–Crippen MR) is 68.5 cm³/mol. The number of nitrogens with one attached hydrogen (secondary N) is 1. The van der Waals surface area contributed by atoms with E-state index in [1.165, 1.54) is 18.2 Å². The quantitative estimate of drug-likeness (QED) is 0.624. The van der Waals surface area contributed by atoms with E-state index in [9.17, 15) is 18.5 Å². The van der Waals surface area contributed by atoms with Crippen molar-refractivity contribution < 1.29 is 13.3 Å². The van der Waals surface area contributed by atoms with Crippen molar-refractivity contribution in [3.8, 4) is 6.07 Å². The van der Waals surface area contributed by atoms with Gasteiger partial charge in [-0.2, -0.15) is 5.26 Å². The van der Waals surface area contributed by atoms with Gasteiger partial charge in [-0.3, -0.25) is 10.1 Å². The zero-order valence-corrected chi connectivity index (χ0v) is 11.1. The van der Waals surface area contributed by atoms with Crippen molar-refractivity contribution in [1.82, 2.24) is 4.72 Å². The van der Waals surface area contributed by atoms with Crippen molar-refractivity contribution >= 4 is 15.7 Å². The summed E-state index contributed by atoms with van der Waals surface area (Å²) in [4.78, 5) is 10.2. The molecule has 0 saturated carbocycles. The van der Waals surface area contributed by atoms with Crippen LogP contribution in [0.1, 0.15) is 18.9 Å². The number of rotatable bonds is 6. The summed E-state index contributed by atoms with van der Waals surface area (Å²) < 4.78 is 25.7. The van der Waals surface area contributed by atoms with Gasteiger partial charge in [-0.15, -0.1) is 0 Å². The Hall–Kier alpha value is -1.98. The topological polar surface area (TPSA) is 113 Å². The van der Waals surface area contributed by atoms with Gasteiger partial charge in [0.1, 0.15) is 0 Å². The summed E-state index contributed by atoms with van der Waals surface area (Å²) in [7, 11) is -3.80. The Kier molecular flexibility index (Phi) is 4.97. The van der Waals surface area contributed by atoms with Crippen LogP contribution in [0.2, 0.25) is 0 Å². The van der Waals surface area contributed by atoms with Crippen LogP contribution in [0.3, 0.4) is 0 Å². The van der Waals surface area contributed by atoms with Crippen LogP contribution < -0.4 is 4.72 Å². The van der Waals surface area contributed by atoms with E-state index in [0.29, 0.717) is 0 Å². The number of para-hydroxylation sites is 1. The Morgan fingerprint density at radius 3 is 2.63 bits per heavy atom. The fourth-order valence-corrected chi connectivity index (χ4v) is 2.63. The van der Waals surface area contributed by atoms with Crippen molar-refractivity contribution in [2.45, 2.75) is 25.1 Å². The molecule has 1 N–H and O–H groups in total. The first-order valence-electron chi connectivity index (χ1n) is 5.52. The first-order valence-corrected chi connectivity index (χ1v) is 7.07. The summed E-state index contributed by atoms with van der Waals surface area (Å²) in [5, 5.41) is 18.3. The lowest BCUT2D eigenvalue weighted by Gasteiger charge is -2.10. The number of nitriles is 1. The molecule has 102 valence electrons. The molecule has 1 aromatic rings. The largest absolute Gasteiger partial charge is 0.273 e. The summed E-state index contributed by atoms with van der Waals surface area (Å²) in [6.45, 7) is 1.37. The molecule has 0 heterocycles. The maximum Gasteiger partial charge on any atom is 0.273 e. The monoisotopic (exact) mass is 283 g/mol. The smallest absolute Gasteiger partial charge is 0.258 e. The normalized spacial score (nSPS) is 12.6. The molecule has 0 spiro atoms. The minimum atomic E-state index is -3.80. The van der Waals surface area contributed by atoms with Crippen LogP contribution in [-0.2, 0) is 16.6 Å². The van der Waals surface area contributed by atoms with Gasteiger partial charge in [-0.25, -0.2) is 13.1 Å². The van der Waals surface area contributed by atoms with Crippen LogP contribution in [0.15, 0.2) is 24.3 Å². The summed E-state index contributed by atoms with van der Waals surface area (Å²) in [5.74, 6) is 0. The molecule has 8 heteroatoms. The molecule has 19 heavy (non-hydrogen) atoms. The fraction of sp³-hybridized carbons (Fsp3) is 0.364. The first-order chi connectivity index (χ1) is 8.92. The SMILES string of the molecule is CCC(C#N)S(=O)(=O)NCc1ccccc1[N+](=O)[O-]. The highest BCUT2D eigenvalue weighted by Gasteiger charge is 2.24. The molecule has 1 rings (SSSR count). The lowest BCUT2D eigenvalue weighted by atomic mass is 10.2. The second-order valence-corrected chi connectivity index (χ2v) is 5.73. The molecule has 0 amide bonds. The van der Waals surface area contributed by atoms with E-state index in [2.05, 4.69) is 4.72 Å². The van der Waals surface area contributed by atoms with Gasteiger partial charge in [0, 0.05) is 18.2 Å². The van der Waals surface area contributed by atoms with E-state index >= 15 is 0 Å². The third kappa shape index (κ3) is 3.74. The molecule has 1 atom stereocenters. The molecule has 0 aliphatic heterocycles. The average molecular weight is 283 g/mol. The Balaban J connectivity index is 2.89. The van der Waals surface area contributed by atoms with Crippen LogP contribution in [0.25, 0.3) is 0 Å². The van der Waals surface area contributed by atoms with E-state index in [-0.39, 0.29) is 24.2 Å². The highest BCUT2D eigenvalue weighted by atomic mass is 32.2. The maximum absolute atomic E-state index is 11.7. The second kappa shape index (κ2) is 6.26. The zero-order chi connectivity index (χ0) is 14.5. The molecule has 1 unspecified atom stereocenters. The van der Waals surface area contributed by atoms with Crippen molar-refractivity contribution in [3.63, 3.8) is 0 Å². The van der Waals surface area contributed by atoms with E-state index in [4.69, 9.17) is 5.26 Å². The fourth-order valence-electron chi connectivity index (χ4n) is 1.50. The summed E-state index contributed by atoms with van der Waals surface area (Å²) in [6, 6.07) is 7.53. The van der Waals surface area contributed by atoms with Crippen molar-refractivity contribution in [2.75, 3.05) is 0 Å². The van der Waals surface area contributed by atoms with E-state index in [1.807, 2.05) is 0 Å². The Morgan fingerprint density at radius 1 is 1.47 bits per heavy atom. The van der Waals surface area contributed by atoms with Gasteiger partial charge in [-0.1, -0.05) is 25.1 Å². The third-order valence-electron chi connectivity index (χ3n) is 2.54. The standard InChI is InChI=1S/C11H13N3O4S/c1-2-10(7-12)19(17,18)13-8-9-5-3-4-6-11(9)14(15)16/h3-6,10,13H,2,8H2,1H3. The molecule has 0 aliphatic carbocycles. The van der Waals surface area contributed by atoms with Gasteiger partial charge < -0.3 is 0 Å². The average Bonchev–Trinajstić information content (AvgIpc) is 2.38. The van der Waals surface area contributed by atoms with Gasteiger partial charge in [0.2, 0.25) is 10.0 Å². The number of benzene rings is 1. The minimum absolute atomic E-state index is 0.155. The van der Waals surface area contributed by atoms with Crippen LogP contribution in [0.5, 0.6) is 0 Å². The summed E-state index contributed by atoms with van der Waals surface area (Å²) >= 11 is 0. The molecular formula is C11H13N3O4S. The Bertz CT molecular complexity index is 607. The van der Waals surface area contributed by atoms with Crippen molar-refractivity contribution in [1.29, 1.82) is 5.26 Å². The summed E-state index contributed by atoms with van der Waals surface area (Å²) in [6.07, 6.45) is 0.155. The van der Waals surface area contributed by atoms with Crippen LogP contribution in [-0.4, -0.2) is 18.6 Å². The number of sulfonamides is 1. The Morgan fingerprint density at radius 2 is 2.11 bits per heavy atom. The molecule has 0 aliphatic rings. The minimum Gasteiger partial charge on any atom is -0.258 e. The maximum atomic E-state index is 11.7. The highest BCUT2D eigenvalue weighted by Crippen LogP contribution is 2.17. The number of nitro groups is 1. The number of hydrogen-bond donors (Lipinski definition) is 1. The lowest BCUT2D eigenvalue weighted by Crippen LogP contribution is -2.32. The van der Waals surface area contributed by atoms with Crippen molar-refractivity contribution in [2.24, 2.45) is 0 Å². The number of hydrogen-bond acceptors (Lipinski definition) is 5. The molecular weight excluding hydrogens is 270 g/mol. The molecule has 0 bridgehead atoms. The van der Waals surface area contributed by atoms with Gasteiger partial charge in [0.05, 0.1) is 11.0 Å². The zero-order valence-electron chi connectivity index (χ0n) is 10.2. The van der Waals surface area contributed by atoms with Gasteiger partial charge in [-0.05, 0) is 6.42 Å². The molecule has 0 saturated heterocycles. The molecule has 0 radical (unpaired) electrons. The van der Waals surface area contributed by atoms with Crippen LogP contribution >= 0.6 is 0 Å². The number of nitrogens with zero attached hydrogens (tertiary/aromatic N) is 2. The predicted octanol–water partition coefficient (Wildman–Crippen LogP) is 1.32. The summed E-state index contributed by atoms with van der Waals surface area (Å²) in [5.41, 5.74) is 0.0964. The van der Waals surface area contributed by atoms with Gasteiger partial charge >= 0.3 is 0 Å². The number of nitro benzene ring substituents is 1. The molecule has 0 aromatic heterocycles. The van der Waals surface area contributed by atoms with Crippen LogP contribution in [0.4, 0.5) is 5.69 Å². The van der Waals surface area contributed by atoms with Crippen molar-refractivity contribution in [3.05, 3.63) is 39.9 Å². The van der Waals surface area contributed by atoms with Gasteiger partial charge in [0.25, 0.3) is 5.69 Å². The molecule has 1 aromatic carbocycles. The Labute approximate surface area is 111 Å². The van der Waals surface area contributed by atoms with Crippen LogP contribution in [0, 0.1) is 21.4 Å². The molecule has 7 nitrogen and oxygen atoms in total. The van der Waals surface area contributed by atoms with Gasteiger partial charge in [0.15, 0.2) is 5.25 Å². The highest BCUT2D eigenvalue weighted by molar-refractivity contribution is 7.90. The lowest BCUT2D eigenvalue weighted by molar-refractivity contribution is -0.385. The second-order valence-electron chi connectivity index (χ2n) is 3.78. The van der Waals surface area contributed by atoms with E-state index < -0.39 is 20.2 Å². The van der Waals surface area contributed by atoms with E-state index in [0.717, 1.165) is 0 Å².